The highest BCUT2D eigenvalue weighted by molar-refractivity contribution is 7.91. The van der Waals surface area contributed by atoms with E-state index in [1.165, 1.54) is 18.2 Å². The first-order valence-electron chi connectivity index (χ1n) is 7.44. The SMILES string of the molecule is O=C(CCS(=O)(=O)c1ccc(Cl)c(Cl)c1)N1CCc2ccccc21. The summed E-state index contributed by atoms with van der Waals surface area (Å²) in [7, 11) is -3.59. The molecule has 0 fully saturated rings. The smallest absolute Gasteiger partial charge is 0.228 e. The molecule has 0 aromatic heterocycles. The normalized spacial score (nSPS) is 13.8. The zero-order chi connectivity index (χ0) is 17.3. The number of carbonyl (C=O) groups is 1. The summed E-state index contributed by atoms with van der Waals surface area (Å²) in [4.78, 5) is 14.1. The second-order valence-electron chi connectivity index (χ2n) is 5.57. The van der Waals surface area contributed by atoms with Crippen LogP contribution in [0, 0.1) is 0 Å². The van der Waals surface area contributed by atoms with E-state index in [-0.39, 0.29) is 28.0 Å². The van der Waals surface area contributed by atoms with Gasteiger partial charge in [0.15, 0.2) is 9.84 Å². The summed E-state index contributed by atoms with van der Waals surface area (Å²) in [5, 5.41) is 0.470. The third kappa shape index (κ3) is 3.43. The van der Waals surface area contributed by atoms with Gasteiger partial charge in [0.05, 0.1) is 20.7 Å². The molecular weight excluding hydrogens is 369 g/mol. The summed E-state index contributed by atoms with van der Waals surface area (Å²) in [5.41, 5.74) is 1.98. The zero-order valence-electron chi connectivity index (χ0n) is 12.7. The van der Waals surface area contributed by atoms with Gasteiger partial charge in [0, 0.05) is 18.7 Å². The molecule has 1 amide bonds. The van der Waals surface area contributed by atoms with Gasteiger partial charge in [-0.1, -0.05) is 41.4 Å². The highest BCUT2D eigenvalue weighted by Crippen LogP contribution is 2.29. The van der Waals surface area contributed by atoms with E-state index >= 15 is 0 Å². The van der Waals surface area contributed by atoms with Gasteiger partial charge < -0.3 is 4.90 Å². The van der Waals surface area contributed by atoms with E-state index < -0.39 is 9.84 Å². The molecule has 0 spiro atoms. The Kier molecular flexibility index (Phi) is 4.85. The molecule has 0 aliphatic carbocycles. The van der Waals surface area contributed by atoms with Gasteiger partial charge in [-0.25, -0.2) is 8.42 Å². The minimum atomic E-state index is -3.59. The van der Waals surface area contributed by atoms with Crippen LogP contribution in [0.5, 0.6) is 0 Å². The van der Waals surface area contributed by atoms with Crippen LogP contribution in [0.2, 0.25) is 10.0 Å². The van der Waals surface area contributed by atoms with Gasteiger partial charge >= 0.3 is 0 Å². The highest BCUT2D eigenvalue weighted by Gasteiger charge is 2.26. The van der Waals surface area contributed by atoms with Gasteiger partial charge in [0.1, 0.15) is 0 Å². The van der Waals surface area contributed by atoms with E-state index in [0.717, 1.165) is 17.7 Å². The average Bonchev–Trinajstić information content (AvgIpc) is 2.99. The number of hydrogen-bond acceptors (Lipinski definition) is 3. The molecule has 0 unspecified atom stereocenters. The molecule has 4 nitrogen and oxygen atoms in total. The number of nitrogens with zero attached hydrogens (tertiary/aromatic N) is 1. The van der Waals surface area contributed by atoms with Crippen LogP contribution < -0.4 is 4.90 Å². The van der Waals surface area contributed by atoms with Crippen molar-refractivity contribution in [2.45, 2.75) is 17.7 Å². The quantitative estimate of drug-likeness (QED) is 0.807. The summed E-state index contributed by atoms with van der Waals surface area (Å²) in [6.07, 6.45) is 0.721. The maximum absolute atomic E-state index is 12.4. The molecule has 7 heteroatoms. The number of para-hydroxylation sites is 1. The Morgan fingerprint density at radius 2 is 1.83 bits per heavy atom. The molecule has 2 aromatic carbocycles. The van der Waals surface area contributed by atoms with Crippen LogP contribution in [0.15, 0.2) is 47.4 Å². The second-order valence-corrected chi connectivity index (χ2v) is 8.49. The van der Waals surface area contributed by atoms with Crippen molar-refractivity contribution in [1.82, 2.24) is 0 Å². The van der Waals surface area contributed by atoms with Crippen molar-refractivity contribution in [3.63, 3.8) is 0 Å². The summed E-state index contributed by atoms with van der Waals surface area (Å²) < 4.78 is 24.8. The Bertz CT molecular complexity index is 896. The second kappa shape index (κ2) is 6.75. The van der Waals surface area contributed by atoms with Crippen LogP contribution in [-0.2, 0) is 21.1 Å². The van der Waals surface area contributed by atoms with Crippen molar-refractivity contribution in [3.05, 3.63) is 58.1 Å². The number of amides is 1. The number of hydrogen-bond donors (Lipinski definition) is 0. The van der Waals surface area contributed by atoms with Crippen LogP contribution in [0.1, 0.15) is 12.0 Å². The average molecular weight is 384 g/mol. The summed E-state index contributed by atoms with van der Waals surface area (Å²) in [6.45, 7) is 0.588. The summed E-state index contributed by atoms with van der Waals surface area (Å²) in [5.74, 6) is -0.453. The Labute approximate surface area is 150 Å². The van der Waals surface area contributed by atoms with Crippen molar-refractivity contribution >= 4 is 44.6 Å². The minimum absolute atomic E-state index is 0.0725. The number of carbonyl (C=O) groups excluding carboxylic acids is 1. The van der Waals surface area contributed by atoms with Gasteiger partial charge in [-0.15, -0.1) is 0 Å². The predicted octanol–water partition coefficient (Wildman–Crippen LogP) is 3.75. The third-order valence-electron chi connectivity index (χ3n) is 4.02. The summed E-state index contributed by atoms with van der Waals surface area (Å²) >= 11 is 11.7. The third-order valence-corrected chi connectivity index (χ3v) is 6.48. The van der Waals surface area contributed by atoms with Crippen LogP contribution >= 0.6 is 23.2 Å². The summed E-state index contributed by atoms with van der Waals surface area (Å²) in [6, 6.07) is 11.8. The van der Waals surface area contributed by atoms with Gasteiger partial charge in [-0.05, 0) is 36.2 Å². The molecule has 0 radical (unpaired) electrons. The Morgan fingerprint density at radius 3 is 2.58 bits per heavy atom. The Balaban J connectivity index is 1.71. The fourth-order valence-electron chi connectivity index (χ4n) is 2.74. The molecule has 126 valence electrons. The Hall–Kier alpha value is -1.56. The Morgan fingerprint density at radius 1 is 1.08 bits per heavy atom. The molecule has 2 aromatic rings. The van der Waals surface area contributed by atoms with Crippen molar-refractivity contribution in [2.75, 3.05) is 17.2 Å². The zero-order valence-corrected chi connectivity index (χ0v) is 15.0. The molecule has 0 saturated heterocycles. The molecule has 1 heterocycles. The fourth-order valence-corrected chi connectivity index (χ4v) is 4.36. The van der Waals surface area contributed by atoms with Gasteiger partial charge in [-0.3, -0.25) is 4.79 Å². The monoisotopic (exact) mass is 383 g/mol. The molecular formula is C17H15Cl2NO3S. The van der Waals surface area contributed by atoms with E-state index in [2.05, 4.69) is 0 Å². The molecule has 1 aliphatic heterocycles. The van der Waals surface area contributed by atoms with Crippen molar-refractivity contribution in [3.8, 4) is 0 Å². The molecule has 1 aliphatic rings. The first-order chi connectivity index (χ1) is 11.4. The number of fused-ring (bicyclic) bond motifs is 1. The molecule has 0 N–H and O–H groups in total. The van der Waals surface area contributed by atoms with Crippen LogP contribution in [0.4, 0.5) is 5.69 Å². The minimum Gasteiger partial charge on any atom is -0.312 e. The van der Waals surface area contributed by atoms with E-state index in [9.17, 15) is 13.2 Å². The number of halogens is 2. The fraction of sp³-hybridized carbons (Fsp3) is 0.235. The molecule has 3 rings (SSSR count). The van der Waals surface area contributed by atoms with Crippen LogP contribution in [0.3, 0.4) is 0 Å². The van der Waals surface area contributed by atoms with Crippen molar-refractivity contribution in [2.24, 2.45) is 0 Å². The first-order valence-corrected chi connectivity index (χ1v) is 9.85. The number of sulfone groups is 1. The van der Waals surface area contributed by atoms with Crippen molar-refractivity contribution in [1.29, 1.82) is 0 Å². The van der Waals surface area contributed by atoms with E-state index in [0.29, 0.717) is 11.6 Å². The predicted molar refractivity (Wildman–Crippen MR) is 95.6 cm³/mol. The number of rotatable bonds is 4. The maximum Gasteiger partial charge on any atom is 0.228 e. The molecule has 0 saturated carbocycles. The van der Waals surface area contributed by atoms with Crippen LogP contribution in [0.25, 0.3) is 0 Å². The van der Waals surface area contributed by atoms with Gasteiger partial charge in [0.2, 0.25) is 5.91 Å². The number of anilines is 1. The standard InChI is InChI=1S/C17H15Cl2NO3S/c18-14-6-5-13(11-15(14)19)24(22,23)10-8-17(21)20-9-7-12-3-1-2-4-16(12)20/h1-6,11H,7-10H2. The lowest BCUT2D eigenvalue weighted by atomic mass is 10.2. The van der Waals surface area contributed by atoms with Gasteiger partial charge in [-0.2, -0.15) is 0 Å². The van der Waals surface area contributed by atoms with E-state index in [4.69, 9.17) is 23.2 Å². The molecule has 24 heavy (non-hydrogen) atoms. The lowest BCUT2D eigenvalue weighted by molar-refractivity contribution is -0.118. The van der Waals surface area contributed by atoms with E-state index in [1.807, 2.05) is 24.3 Å². The largest absolute Gasteiger partial charge is 0.312 e. The highest BCUT2D eigenvalue weighted by atomic mass is 35.5. The molecule has 0 atom stereocenters. The lowest BCUT2D eigenvalue weighted by Crippen LogP contribution is -2.30. The van der Waals surface area contributed by atoms with E-state index in [1.54, 1.807) is 4.90 Å². The first kappa shape index (κ1) is 17.3. The maximum atomic E-state index is 12.4. The molecule has 0 bridgehead atoms. The topological polar surface area (TPSA) is 54.5 Å². The number of benzene rings is 2. The van der Waals surface area contributed by atoms with Crippen molar-refractivity contribution < 1.29 is 13.2 Å². The van der Waals surface area contributed by atoms with Gasteiger partial charge in [0.25, 0.3) is 0 Å². The van der Waals surface area contributed by atoms with Crippen LogP contribution in [-0.4, -0.2) is 26.6 Å². The lowest BCUT2D eigenvalue weighted by Gasteiger charge is -2.17.